The van der Waals surface area contributed by atoms with Crippen LogP contribution >= 0.6 is 0 Å². The molecule has 0 aliphatic rings. The van der Waals surface area contributed by atoms with Crippen LogP contribution in [0.5, 0.6) is 0 Å². The van der Waals surface area contributed by atoms with Crippen molar-refractivity contribution in [3.05, 3.63) is 59.2 Å². The molecule has 20 heavy (non-hydrogen) atoms. The molecule has 0 saturated heterocycles. The van der Waals surface area contributed by atoms with Gasteiger partial charge in [-0.1, -0.05) is 0 Å². The summed E-state index contributed by atoms with van der Waals surface area (Å²) in [4.78, 5) is 15.7. The van der Waals surface area contributed by atoms with E-state index in [0.29, 0.717) is 11.3 Å². The lowest BCUT2D eigenvalue weighted by atomic mass is 10.0. The minimum Gasteiger partial charge on any atom is -0.370 e. The highest BCUT2D eigenvalue weighted by Gasteiger charge is 2.20. The summed E-state index contributed by atoms with van der Waals surface area (Å²) in [5.74, 6) is -0.901. The standard InChI is InChI=1S/C15H16FN3O/c1-9-5-11(16)7-12(6-9)19-14(15(17)20)13-8-18-4-3-10(13)2/h3-8,14,19H,1-2H3,(H2,17,20). The van der Waals surface area contributed by atoms with E-state index in [4.69, 9.17) is 5.73 Å². The van der Waals surface area contributed by atoms with Crippen molar-refractivity contribution < 1.29 is 9.18 Å². The van der Waals surface area contributed by atoms with Gasteiger partial charge in [0.15, 0.2) is 0 Å². The Hall–Kier alpha value is -2.43. The number of hydrogen-bond donors (Lipinski definition) is 2. The number of benzene rings is 1. The number of aromatic nitrogens is 1. The van der Waals surface area contributed by atoms with Gasteiger partial charge in [-0.3, -0.25) is 9.78 Å². The number of carbonyl (C=O) groups excluding carboxylic acids is 1. The number of halogens is 1. The molecule has 0 fully saturated rings. The molecule has 1 atom stereocenters. The SMILES string of the molecule is Cc1cc(F)cc(NC(C(N)=O)c2cnccc2C)c1. The van der Waals surface area contributed by atoms with E-state index in [1.54, 1.807) is 31.5 Å². The molecule has 0 saturated carbocycles. The highest BCUT2D eigenvalue weighted by atomic mass is 19.1. The molecule has 1 aromatic carbocycles. The van der Waals surface area contributed by atoms with Crippen LogP contribution in [0.1, 0.15) is 22.7 Å². The third-order valence-corrected chi connectivity index (χ3v) is 3.03. The fourth-order valence-electron chi connectivity index (χ4n) is 2.07. The van der Waals surface area contributed by atoms with Gasteiger partial charge in [-0.15, -0.1) is 0 Å². The zero-order valence-electron chi connectivity index (χ0n) is 11.4. The summed E-state index contributed by atoms with van der Waals surface area (Å²) in [6.07, 6.45) is 3.23. The molecule has 0 radical (unpaired) electrons. The van der Waals surface area contributed by atoms with Crippen molar-refractivity contribution in [3.8, 4) is 0 Å². The first kappa shape index (κ1) is 14.0. The van der Waals surface area contributed by atoms with Crippen molar-refractivity contribution in [2.45, 2.75) is 19.9 Å². The molecule has 104 valence electrons. The van der Waals surface area contributed by atoms with Gasteiger partial charge in [0.2, 0.25) is 5.91 Å². The zero-order chi connectivity index (χ0) is 14.7. The fraction of sp³-hybridized carbons (Fsp3) is 0.200. The molecule has 3 N–H and O–H groups in total. The number of aryl methyl sites for hydroxylation is 2. The summed E-state index contributed by atoms with van der Waals surface area (Å²) in [7, 11) is 0. The molecular formula is C15H16FN3O. The van der Waals surface area contributed by atoms with Crippen molar-refractivity contribution in [2.75, 3.05) is 5.32 Å². The molecule has 4 nitrogen and oxygen atoms in total. The van der Waals surface area contributed by atoms with Crippen LogP contribution in [0, 0.1) is 19.7 Å². The lowest BCUT2D eigenvalue weighted by Crippen LogP contribution is -2.28. The molecule has 1 aromatic heterocycles. The van der Waals surface area contributed by atoms with Crippen molar-refractivity contribution in [1.82, 2.24) is 4.98 Å². The van der Waals surface area contributed by atoms with E-state index in [2.05, 4.69) is 10.3 Å². The summed E-state index contributed by atoms with van der Waals surface area (Å²) >= 11 is 0. The van der Waals surface area contributed by atoms with E-state index in [9.17, 15) is 9.18 Å². The largest absolute Gasteiger partial charge is 0.370 e. The van der Waals surface area contributed by atoms with Gasteiger partial charge in [0, 0.05) is 23.6 Å². The lowest BCUT2D eigenvalue weighted by molar-refractivity contribution is -0.118. The van der Waals surface area contributed by atoms with Crippen LogP contribution in [0.25, 0.3) is 0 Å². The third-order valence-electron chi connectivity index (χ3n) is 3.03. The number of amides is 1. The highest BCUT2D eigenvalue weighted by molar-refractivity contribution is 5.84. The molecule has 5 heteroatoms. The zero-order valence-corrected chi connectivity index (χ0v) is 11.4. The predicted octanol–water partition coefficient (Wildman–Crippen LogP) is 2.48. The molecule has 0 aliphatic heterocycles. The van der Waals surface area contributed by atoms with Crippen LogP contribution in [0.15, 0.2) is 36.7 Å². The summed E-state index contributed by atoms with van der Waals surface area (Å²) in [6.45, 7) is 3.65. The second-order valence-electron chi connectivity index (χ2n) is 4.73. The van der Waals surface area contributed by atoms with Crippen molar-refractivity contribution >= 4 is 11.6 Å². The Bertz CT molecular complexity index is 623. The topological polar surface area (TPSA) is 68.0 Å². The van der Waals surface area contributed by atoms with Gasteiger partial charge in [0.1, 0.15) is 11.9 Å². The number of nitrogens with two attached hydrogens (primary N) is 1. The second kappa shape index (κ2) is 5.69. The van der Waals surface area contributed by atoms with Crippen LogP contribution in [0.3, 0.4) is 0 Å². The van der Waals surface area contributed by atoms with Crippen LogP contribution in [-0.2, 0) is 4.79 Å². The average molecular weight is 273 g/mol. The summed E-state index contributed by atoms with van der Waals surface area (Å²) < 4.78 is 13.4. The van der Waals surface area contributed by atoms with E-state index in [1.165, 1.54) is 12.1 Å². The van der Waals surface area contributed by atoms with Crippen molar-refractivity contribution in [2.24, 2.45) is 5.73 Å². The molecule has 1 heterocycles. The Kier molecular flexibility index (Phi) is 3.98. The minimum absolute atomic E-state index is 0.362. The third kappa shape index (κ3) is 3.12. The summed E-state index contributed by atoms with van der Waals surface area (Å²) in [5.41, 5.74) is 8.29. The van der Waals surface area contributed by atoms with Crippen molar-refractivity contribution in [3.63, 3.8) is 0 Å². The molecule has 0 spiro atoms. The van der Waals surface area contributed by atoms with Gasteiger partial charge in [-0.05, 0) is 49.2 Å². The Morgan fingerprint density at radius 2 is 2.10 bits per heavy atom. The Labute approximate surface area is 116 Å². The van der Waals surface area contributed by atoms with Crippen LogP contribution in [0.2, 0.25) is 0 Å². The van der Waals surface area contributed by atoms with Gasteiger partial charge in [0.05, 0.1) is 0 Å². The minimum atomic E-state index is -0.745. The number of hydrogen-bond acceptors (Lipinski definition) is 3. The number of carbonyl (C=O) groups is 1. The Morgan fingerprint density at radius 1 is 1.35 bits per heavy atom. The number of rotatable bonds is 4. The highest BCUT2D eigenvalue weighted by Crippen LogP contribution is 2.23. The first-order chi connectivity index (χ1) is 9.47. The van der Waals surface area contributed by atoms with Gasteiger partial charge >= 0.3 is 0 Å². The Morgan fingerprint density at radius 3 is 2.70 bits per heavy atom. The van der Waals surface area contributed by atoms with E-state index in [1.807, 2.05) is 6.92 Å². The average Bonchev–Trinajstić information content (AvgIpc) is 2.35. The first-order valence-corrected chi connectivity index (χ1v) is 6.21. The smallest absolute Gasteiger partial charge is 0.244 e. The molecule has 0 aliphatic carbocycles. The van der Waals surface area contributed by atoms with Gasteiger partial charge < -0.3 is 11.1 Å². The van der Waals surface area contributed by atoms with Crippen LogP contribution in [0.4, 0.5) is 10.1 Å². The van der Waals surface area contributed by atoms with Crippen molar-refractivity contribution in [1.29, 1.82) is 0 Å². The monoisotopic (exact) mass is 273 g/mol. The second-order valence-corrected chi connectivity index (χ2v) is 4.73. The molecule has 1 amide bonds. The number of pyridine rings is 1. The fourth-order valence-corrected chi connectivity index (χ4v) is 2.07. The maximum atomic E-state index is 13.4. The summed E-state index contributed by atoms with van der Waals surface area (Å²) in [6, 6.07) is 5.55. The van der Waals surface area contributed by atoms with Gasteiger partial charge in [-0.2, -0.15) is 0 Å². The molecule has 2 rings (SSSR count). The number of anilines is 1. The van der Waals surface area contributed by atoms with E-state index in [0.717, 1.165) is 11.1 Å². The van der Waals surface area contributed by atoms with E-state index < -0.39 is 11.9 Å². The van der Waals surface area contributed by atoms with Gasteiger partial charge in [0.25, 0.3) is 0 Å². The number of nitrogens with one attached hydrogen (secondary N) is 1. The van der Waals surface area contributed by atoms with Gasteiger partial charge in [-0.25, -0.2) is 4.39 Å². The Balaban J connectivity index is 2.36. The van der Waals surface area contributed by atoms with Crippen LogP contribution < -0.4 is 11.1 Å². The molecular weight excluding hydrogens is 257 g/mol. The molecule has 1 unspecified atom stereocenters. The van der Waals surface area contributed by atoms with Crippen LogP contribution in [-0.4, -0.2) is 10.9 Å². The maximum absolute atomic E-state index is 13.4. The lowest BCUT2D eigenvalue weighted by Gasteiger charge is -2.19. The van der Waals surface area contributed by atoms with E-state index in [-0.39, 0.29) is 5.82 Å². The molecule has 2 aromatic rings. The predicted molar refractivity (Wildman–Crippen MR) is 75.7 cm³/mol. The first-order valence-electron chi connectivity index (χ1n) is 6.21. The molecule has 0 bridgehead atoms. The quantitative estimate of drug-likeness (QED) is 0.899. The van der Waals surface area contributed by atoms with E-state index >= 15 is 0 Å². The summed E-state index contributed by atoms with van der Waals surface area (Å²) in [5, 5.41) is 2.96. The number of nitrogens with zero attached hydrogens (tertiary/aromatic N) is 1. The number of primary amides is 1. The maximum Gasteiger partial charge on any atom is 0.244 e. The normalized spacial score (nSPS) is 11.9.